The summed E-state index contributed by atoms with van der Waals surface area (Å²) in [5.74, 6) is -0.908. The SMILES string of the molecule is CC(C)N1CCN(C(=O)OCc2ccccc2)CC1C(=O)O. The summed E-state index contributed by atoms with van der Waals surface area (Å²) in [7, 11) is 0. The van der Waals surface area contributed by atoms with Crippen molar-refractivity contribution in [3.8, 4) is 0 Å². The van der Waals surface area contributed by atoms with Gasteiger partial charge in [0, 0.05) is 19.1 Å². The summed E-state index contributed by atoms with van der Waals surface area (Å²) in [6.45, 7) is 5.28. The Balaban J connectivity index is 1.92. The van der Waals surface area contributed by atoms with Crippen LogP contribution in [-0.2, 0) is 16.1 Å². The average Bonchev–Trinajstić information content (AvgIpc) is 2.52. The maximum atomic E-state index is 12.1. The fourth-order valence-electron chi connectivity index (χ4n) is 2.61. The van der Waals surface area contributed by atoms with Crippen LogP contribution in [0.15, 0.2) is 30.3 Å². The van der Waals surface area contributed by atoms with E-state index in [4.69, 9.17) is 4.74 Å². The smallest absolute Gasteiger partial charge is 0.410 e. The molecule has 120 valence electrons. The Labute approximate surface area is 130 Å². The van der Waals surface area contributed by atoms with Gasteiger partial charge in [-0.25, -0.2) is 4.79 Å². The summed E-state index contributed by atoms with van der Waals surface area (Å²) in [5, 5.41) is 9.34. The first-order chi connectivity index (χ1) is 10.5. The fourth-order valence-corrected chi connectivity index (χ4v) is 2.61. The topological polar surface area (TPSA) is 70.1 Å². The van der Waals surface area contributed by atoms with E-state index >= 15 is 0 Å². The van der Waals surface area contributed by atoms with Gasteiger partial charge in [-0.2, -0.15) is 0 Å². The molecular weight excluding hydrogens is 284 g/mol. The van der Waals surface area contributed by atoms with Crippen LogP contribution in [0, 0.1) is 0 Å². The zero-order valence-electron chi connectivity index (χ0n) is 12.9. The number of carboxylic acid groups (broad SMARTS) is 1. The second kappa shape index (κ2) is 7.26. The third-order valence-corrected chi connectivity index (χ3v) is 3.83. The first kappa shape index (κ1) is 16.3. The molecule has 1 N–H and O–H groups in total. The van der Waals surface area contributed by atoms with Crippen LogP contribution in [0.3, 0.4) is 0 Å². The van der Waals surface area contributed by atoms with Crippen LogP contribution < -0.4 is 0 Å². The average molecular weight is 306 g/mol. The number of benzene rings is 1. The number of rotatable bonds is 4. The van der Waals surface area contributed by atoms with E-state index in [9.17, 15) is 14.7 Å². The maximum Gasteiger partial charge on any atom is 0.410 e. The summed E-state index contributed by atoms with van der Waals surface area (Å²) < 4.78 is 5.27. The van der Waals surface area contributed by atoms with Gasteiger partial charge in [-0.3, -0.25) is 9.69 Å². The van der Waals surface area contributed by atoms with Gasteiger partial charge < -0.3 is 14.7 Å². The largest absolute Gasteiger partial charge is 0.480 e. The highest BCUT2D eigenvalue weighted by molar-refractivity contribution is 5.76. The van der Waals surface area contributed by atoms with Crippen LogP contribution in [0.25, 0.3) is 0 Å². The van der Waals surface area contributed by atoms with Crippen LogP contribution in [-0.4, -0.2) is 58.7 Å². The molecule has 1 aliphatic heterocycles. The van der Waals surface area contributed by atoms with E-state index in [0.29, 0.717) is 13.1 Å². The molecule has 0 bridgehead atoms. The molecule has 1 atom stereocenters. The van der Waals surface area contributed by atoms with Crippen molar-refractivity contribution in [3.63, 3.8) is 0 Å². The van der Waals surface area contributed by atoms with E-state index in [1.165, 1.54) is 4.90 Å². The number of hydrogen-bond donors (Lipinski definition) is 1. The summed E-state index contributed by atoms with van der Waals surface area (Å²) in [6, 6.07) is 8.86. The number of hydrogen-bond acceptors (Lipinski definition) is 4. The van der Waals surface area contributed by atoms with Crippen LogP contribution in [0.2, 0.25) is 0 Å². The van der Waals surface area contributed by atoms with E-state index in [2.05, 4.69) is 0 Å². The molecule has 22 heavy (non-hydrogen) atoms. The first-order valence-electron chi connectivity index (χ1n) is 7.43. The lowest BCUT2D eigenvalue weighted by Gasteiger charge is -2.40. The minimum Gasteiger partial charge on any atom is -0.480 e. The highest BCUT2D eigenvalue weighted by Gasteiger charge is 2.35. The van der Waals surface area contributed by atoms with Gasteiger partial charge in [-0.1, -0.05) is 30.3 Å². The molecule has 0 saturated carbocycles. The molecule has 2 rings (SSSR count). The monoisotopic (exact) mass is 306 g/mol. The molecule has 0 spiro atoms. The Morgan fingerprint density at radius 2 is 1.95 bits per heavy atom. The molecule has 1 aromatic carbocycles. The molecule has 0 aromatic heterocycles. The predicted octanol–water partition coefficient (Wildman–Crippen LogP) is 1.80. The van der Waals surface area contributed by atoms with Crippen molar-refractivity contribution in [2.24, 2.45) is 0 Å². The van der Waals surface area contributed by atoms with Gasteiger partial charge in [0.2, 0.25) is 0 Å². The standard InChI is InChI=1S/C16H22N2O4/c1-12(2)18-9-8-17(10-14(18)15(19)20)16(21)22-11-13-6-4-3-5-7-13/h3-7,12,14H,8-11H2,1-2H3,(H,19,20). The Hall–Kier alpha value is -2.08. The molecule has 6 nitrogen and oxygen atoms in total. The molecule has 6 heteroatoms. The number of amides is 1. The van der Waals surface area contributed by atoms with Crippen molar-refractivity contribution in [3.05, 3.63) is 35.9 Å². The van der Waals surface area contributed by atoms with Gasteiger partial charge in [0.1, 0.15) is 12.6 Å². The minimum atomic E-state index is -0.908. The summed E-state index contributed by atoms with van der Waals surface area (Å²) in [6.07, 6.45) is -0.460. The zero-order chi connectivity index (χ0) is 16.1. The number of ether oxygens (including phenoxy) is 1. The minimum absolute atomic E-state index is 0.128. The number of carbonyl (C=O) groups is 2. The lowest BCUT2D eigenvalue weighted by Crippen LogP contribution is -2.59. The van der Waals surface area contributed by atoms with E-state index in [1.54, 1.807) is 0 Å². The van der Waals surface area contributed by atoms with E-state index in [1.807, 2.05) is 49.1 Å². The van der Waals surface area contributed by atoms with Crippen LogP contribution in [0.5, 0.6) is 0 Å². The molecule has 0 aliphatic carbocycles. The van der Waals surface area contributed by atoms with Crippen molar-refractivity contribution in [2.45, 2.75) is 32.5 Å². The number of aliphatic carboxylic acids is 1. The summed E-state index contributed by atoms with van der Waals surface area (Å²) >= 11 is 0. The summed E-state index contributed by atoms with van der Waals surface area (Å²) in [5.41, 5.74) is 0.909. The van der Waals surface area contributed by atoms with Crippen molar-refractivity contribution < 1.29 is 19.4 Å². The van der Waals surface area contributed by atoms with Gasteiger partial charge >= 0.3 is 12.1 Å². The number of carbonyl (C=O) groups excluding carboxylic acids is 1. The van der Waals surface area contributed by atoms with E-state index in [-0.39, 0.29) is 19.2 Å². The number of carboxylic acids is 1. The molecular formula is C16H22N2O4. The van der Waals surface area contributed by atoms with Gasteiger partial charge in [0.15, 0.2) is 0 Å². The van der Waals surface area contributed by atoms with E-state index < -0.39 is 18.1 Å². The van der Waals surface area contributed by atoms with Crippen LogP contribution >= 0.6 is 0 Å². The fraction of sp³-hybridized carbons (Fsp3) is 0.500. The van der Waals surface area contributed by atoms with Gasteiger partial charge in [0.25, 0.3) is 0 Å². The van der Waals surface area contributed by atoms with Gasteiger partial charge in [-0.05, 0) is 19.4 Å². The van der Waals surface area contributed by atoms with Gasteiger partial charge in [0.05, 0.1) is 6.54 Å². The lowest BCUT2D eigenvalue weighted by molar-refractivity contribution is -0.146. The molecule has 1 saturated heterocycles. The lowest BCUT2D eigenvalue weighted by atomic mass is 10.1. The van der Waals surface area contributed by atoms with Crippen molar-refractivity contribution in [1.29, 1.82) is 0 Å². The summed E-state index contributed by atoms with van der Waals surface area (Å²) in [4.78, 5) is 26.9. The Kier molecular flexibility index (Phi) is 5.38. The second-order valence-electron chi connectivity index (χ2n) is 5.67. The zero-order valence-corrected chi connectivity index (χ0v) is 12.9. The predicted molar refractivity (Wildman–Crippen MR) is 81.5 cm³/mol. The normalized spacial score (nSPS) is 19.2. The Morgan fingerprint density at radius 1 is 1.27 bits per heavy atom. The molecule has 1 aliphatic rings. The Bertz CT molecular complexity index is 518. The number of piperazine rings is 1. The third-order valence-electron chi connectivity index (χ3n) is 3.83. The molecule has 1 fully saturated rings. The van der Waals surface area contributed by atoms with Crippen LogP contribution in [0.4, 0.5) is 4.79 Å². The first-order valence-corrected chi connectivity index (χ1v) is 7.43. The Morgan fingerprint density at radius 3 is 2.55 bits per heavy atom. The highest BCUT2D eigenvalue weighted by atomic mass is 16.6. The molecule has 1 heterocycles. The van der Waals surface area contributed by atoms with Crippen molar-refractivity contribution >= 4 is 12.1 Å². The van der Waals surface area contributed by atoms with E-state index in [0.717, 1.165) is 5.56 Å². The van der Waals surface area contributed by atoms with Crippen molar-refractivity contribution in [2.75, 3.05) is 19.6 Å². The van der Waals surface area contributed by atoms with Crippen LogP contribution in [0.1, 0.15) is 19.4 Å². The molecule has 1 unspecified atom stereocenters. The van der Waals surface area contributed by atoms with Gasteiger partial charge in [-0.15, -0.1) is 0 Å². The maximum absolute atomic E-state index is 12.1. The quantitative estimate of drug-likeness (QED) is 0.918. The molecule has 1 amide bonds. The molecule has 0 radical (unpaired) electrons. The third kappa shape index (κ3) is 3.98. The van der Waals surface area contributed by atoms with Crippen molar-refractivity contribution in [1.82, 2.24) is 9.80 Å². The number of nitrogens with zero attached hydrogens (tertiary/aromatic N) is 2. The second-order valence-corrected chi connectivity index (χ2v) is 5.67. The molecule has 1 aromatic rings. The highest BCUT2D eigenvalue weighted by Crippen LogP contribution is 2.15.